The van der Waals surface area contributed by atoms with Gasteiger partial charge in [-0.25, -0.2) is 9.09 Å². The van der Waals surface area contributed by atoms with E-state index in [1.807, 2.05) is 32.0 Å². The predicted molar refractivity (Wildman–Crippen MR) is 135 cm³/mol. The van der Waals surface area contributed by atoms with Crippen LogP contribution in [0.1, 0.15) is 87.3 Å². The van der Waals surface area contributed by atoms with E-state index in [-0.39, 0.29) is 11.8 Å². The Morgan fingerprint density at radius 1 is 0.938 bits per heavy atom. The van der Waals surface area contributed by atoms with E-state index in [1.54, 1.807) is 47.6 Å². The first-order chi connectivity index (χ1) is 14.3. The van der Waals surface area contributed by atoms with E-state index in [0.717, 1.165) is 11.1 Å². The van der Waals surface area contributed by atoms with Crippen LogP contribution in [0.3, 0.4) is 0 Å². The van der Waals surface area contributed by atoms with Crippen LogP contribution in [0.2, 0.25) is 5.04 Å². The van der Waals surface area contributed by atoms with Crippen LogP contribution in [0.25, 0.3) is 6.08 Å². The summed E-state index contributed by atoms with van der Waals surface area (Å²) in [6.45, 7) is 24.9. The van der Waals surface area contributed by atoms with Crippen molar-refractivity contribution in [3.05, 3.63) is 35.9 Å². The second-order valence-corrected chi connectivity index (χ2v) is 15.8. The molecule has 1 rings (SSSR count). The molecule has 0 aliphatic rings. The molecule has 0 N–H and O–H groups in total. The highest BCUT2D eigenvalue weighted by atomic mass is 31.2. The molecule has 0 unspecified atom stereocenters. The number of phosphoric acid groups is 1. The maximum atomic E-state index is 13.3. The van der Waals surface area contributed by atoms with Gasteiger partial charge < -0.3 is 9.16 Å². The molecule has 6 nitrogen and oxygen atoms in total. The molecular formula is C24H43O6PSi. The summed E-state index contributed by atoms with van der Waals surface area (Å²) in [5, 5.41) is 0.151. The van der Waals surface area contributed by atoms with Crippen molar-refractivity contribution < 1.29 is 27.3 Å². The SMILES string of the molecule is C=Cc1ccc(OCOP(=O)(OC(C)(C)C)OC(C)(C)C)c(C(C)(C)O[SiH2]C(C)(C)C)c1. The van der Waals surface area contributed by atoms with Crippen LogP contribution in [0.15, 0.2) is 24.8 Å². The molecular weight excluding hydrogens is 443 g/mol. The van der Waals surface area contributed by atoms with Gasteiger partial charge in [-0.15, -0.1) is 0 Å². The zero-order valence-electron chi connectivity index (χ0n) is 21.8. The van der Waals surface area contributed by atoms with Crippen molar-refractivity contribution in [3.63, 3.8) is 0 Å². The van der Waals surface area contributed by atoms with Crippen LogP contribution in [-0.2, 0) is 28.2 Å². The van der Waals surface area contributed by atoms with E-state index >= 15 is 0 Å². The summed E-state index contributed by atoms with van der Waals surface area (Å²) in [4.78, 5) is 0. The Morgan fingerprint density at radius 3 is 1.91 bits per heavy atom. The molecule has 0 aliphatic carbocycles. The molecule has 0 aromatic heterocycles. The first-order valence-electron chi connectivity index (χ1n) is 11.0. The normalized spacial score (nSPS) is 14.2. The maximum Gasteiger partial charge on any atom is 0.478 e. The molecule has 184 valence electrons. The van der Waals surface area contributed by atoms with Crippen molar-refractivity contribution in [1.82, 2.24) is 0 Å². The molecule has 32 heavy (non-hydrogen) atoms. The van der Waals surface area contributed by atoms with Gasteiger partial charge in [0.05, 0.1) is 16.8 Å². The van der Waals surface area contributed by atoms with E-state index in [9.17, 15) is 4.57 Å². The highest BCUT2D eigenvalue weighted by Crippen LogP contribution is 2.55. The average molecular weight is 487 g/mol. The van der Waals surface area contributed by atoms with Crippen molar-refractivity contribution in [3.8, 4) is 5.75 Å². The first-order valence-corrected chi connectivity index (χ1v) is 13.7. The summed E-state index contributed by atoms with van der Waals surface area (Å²) >= 11 is 0. The first kappa shape index (κ1) is 29.1. The van der Waals surface area contributed by atoms with Crippen LogP contribution < -0.4 is 4.74 Å². The monoisotopic (exact) mass is 486 g/mol. The summed E-state index contributed by atoms with van der Waals surface area (Å²) in [7, 11) is -4.68. The predicted octanol–water partition coefficient (Wildman–Crippen LogP) is 6.97. The lowest BCUT2D eigenvalue weighted by Gasteiger charge is -2.32. The third-order valence-corrected chi connectivity index (χ3v) is 7.65. The fourth-order valence-electron chi connectivity index (χ4n) is 2.64. The Kier molecular flexibility index (Phi) is 9.58. The minimum atomic E-state index is -3.87. The van der Waals surface area contributed by atoms with Crippen molar-refractivity contribution in [1.29, 1.82) is 0 Å². The molecule has 0 radical (unpaired) electrons. The molecule has 0 aliphatic heterocycles. The number of benzene rings is 1. The van der Waals surface area contributed by atoms with Gasteiger partial charge in [0, 0.05) is 5.56 Å². The Hall–Kier alpha value is -0.953. The van der Waals surface area contributed by atoms with Crippen LogP contribution >= 0.6 is 7.82 Å². The molecule has 0 amide bonds. The second kappa shape index (κ2) is 10.5. The number of hydrogen-bond acceptors (Lipinski definition) is 6. The van der Waals surface area contributed by atoms with Crippen LogP contribution in [0, 0.1) is 0 Å². The van der Waals surface area contributed by atoms with Crippen molar-refractivity contribution in [2.75, 3.05) is 6.79 Å². The standard InChI is InChI=1S/C24H43O6PSi/c1-13-18-14-15-20(19(16-18)24(11,12)30-32-23(8,9)10)26-17-27-31(25,28-21(2,3)4)29-22(5,6)7/h13-16H,1,17,32H2,2-12H3. The maximum absolute atomic E-state index is 13.3. The molecule has 0 saturated heterocycles. The smallest absolute Gasteiger partial charge is 0.467 e. The van der Waals surface area contributed by atoms with Crippen molar-refractivity contribution >= 4 is 23.7 Å². The molecule has 0 heterocycles. The lowest BCUT2D eigenvalue weighted by molar-refractivity contribution is -0.0196. The third kappa shape index (κ3) is 10.8. The molecule has 1 aromatic carbocycles. The van der Waals surface area contributed by atoms with E-state index in [0.29, 0.717) is 5.75 Å². The molecule has 0 spiro atoms. The van der Waals surface area contributed by atoms with Gasteiger partial charge in [0.25, 0.3) is 0 Å². The Balaban J connectivity index is 3.10. The zero-order chi connectivity index (χ0) is 25.0. The number of ether oxygens (including phenoxy) is 1. The Labute approximate surface area is 197 Å². The van der Waals surface area contributed by atoms with Gasteiger partial charge >= 0.3 is 7.82 Å². The highest BCUT2D eigenvalue weighted by molar-refractivity contribution is 7.48. The fraction of sp³-hybridized carbons (Fsp3) is 0.667. The average Bonchev–Trinajstić information content (AvgIpc) is 2.56. The number of phosphoric ester groups is 1. The molecule has 0 saturated carbocycles. The van der Waals surface area contributed by atoms with E-state index in [4.69, 9.17) is 22.7 Å². The topological polar surface area (TPSA) is 63.2 Å². The van der Waals surface area contributed by atoms with Crippen molar-refractivity contribution in [2.24, 2.45) is 0 Å². The lowest BCUT2D eigenvalue weighted by atomic mass is 9.95. The van der Waals surface area contributed by atoms with Gasteiger partial charge in [-0.05, 0) is 78.1 Å². The van der Waals surface area contributed by atoms with E-state index in [2.05, 4.69) is 27.4 Å². The van der Waals surface area contributed by atoms with Gasteiger partial charge in [-0.1, -0.05) is 39.5 Å². The van der Waals surface area contributed by atoms with Gasteiger partial charge in [-0.2, -0.15) is 0 Å². The van der Waals surface area contributed by atoms with Gasteiger partial charge in [0.15, 0.2) is 16.6 Å². The summed E-state index contributed by atoms with van der Waals surface area (Å²) < 4.78 is 42.4. The number of rotatable bonds is 10. The highest BCUT2D eigenvalue weighted by Gasteiger charge is 2.37. The van der Waals surface area contributed by atoms with Gasteiger partial charge in [0.1, 0.15) is 5.75 Å². The third-order valence-electron chi connectivity index (χ3n) is 3.95. The lowest BCUT2D eigenvalue weighted by Crippen LogP contribution is -2.28. The second-order valence-electron chi connectivity index (χ2n) is 11.6. The molecule has 1 aromatic rings. The fourth-order valence-corrected chi connectivity index (χ4v) is 5.26. The zero-order valence-corrected chi connectivity index (χ0v) is 24.1. The van der Waals surface area contributed by atoms with Crippen LogP contribution in [0.5, 0.6) is 5.75 Å². The molecule has 0 atom stereocenters. The quantitative estimate of drug-likeness (QED) is 0.202. The minimum absolute atomic E-state index is 0.151. The summed E-state index contributed by atoms with van der Waals surface area (Å²) in [6.07, 6.45) is 1.78. The van der Waals surface area contributed by atoms with E-state index in [1.165, 1.54) is 0 Å². The van der Waals surface area contributed by atoms with E-state index < -0.39 is 34.4 Å². The molecule has 8 heteroatoms. The summed E-state index contributed by atoms with van der Waals surface area (Å²) in [6, 6.07) is 5.75. The largest absolute Gasteiger partial charge is 0.478 e. The van der Waals surface area contributed by atoms with Crippen molar-refractivity contribution in [2.45, 2.75) is 98.0 Å². The summed E-state index contributed by atoms with van der Waals surface area (Å²) in [5.41, 5.74) is -0.171. The van der Waals surface area contributed by atoms with Crippen LogP contribution in [0.4, 0.5) is 0 Å². The summed E-state index contributed by atoms with van der Waals surface area (Å²) in [5.74, 6) is 0.585. The van der Waals surface area contributed by atoms with Gasteiger partial charge in [-0.3, -0.25) is 9.05 Å². The molecule has 0 bridgehead atoms. The Morgan fingerprint density at radius 2 is 1.47 bits per heavy atom. The molecule has 0 fully saturated rings. The number of hydrogen-bond donors (Lipinski definition) is 0. The van der Waals surface area contributed by atoms with Crippen LogP contribution in [-0.4, -0.2) is 27.8 Å². The minimum Gasteiger partial charge on any atom is -0.467 e. The van der Waals surface area contributed by atoms with Gasteiger partial charge in [0.2, 0.25) is 0 Å². The Bertz CT molecular complexity index is 795.